The zero-order valence-corrected chi connectivity index (χ0v) is 18.4. The summed E-state index contributed by atoms with van der Waals surface area (Å²) in [5.74, 6) is -0.840. The number of esters is 2. The third-order valence-corrected chi connectivity index (χ3v) is 5.54. The Kier molecular flexibility index (Phi) is 10.7. The van der Waals surface area contributed by atoms with E-state index in [9.17, 15) is 9.59 Å². The van der Waals surface area contributed by atoms with Crippen LogP contribution in [0.4, 0.5) is 0 Å². The van der Waals surface area contributed by atoms with Crippen molar-refractivity contribution in [3.63, 3.8) is 0 Å². The van der Waals surface area contributed by atoms with Gasteiger partial charge in [0, 0.05) is 6.42 Å². The molecule has 0 amide bonds. The number of quaternary nitrogens is 1. The van der Waals surface area contributed by atoms with E-state index in [1.807, 2.05) is 0 Å². The van der Waals surface area contributed by atoms with Crippen molar-refractivity contribution >= 4 is 27.9 Å². The molecule has 0 radical (unpaired) electrons. The van der Waals surface area contributed by atoms with E-state index in [0.29, 0.717) is 13.0 Å². The molecule has 0 aliphatic carbocycles. The highest BCUT2D eigenvalue weighted by Crippen LogP contribution is 2.43. The summed E-state index contributed by atoms with van der Waals surface area (Å²) in [7, 11) is 0. The van der Waals surface area contributed by atoms with Gasteiger partial charge in [0.15, 0.2) is 0 Å². The van der Waals surface area contributed by atoms with Crippen molar-refractivity contribution in [2.75, 3.05) is 38.2 Å². The molecule has 1 heterocycles. The fourth-order valence-corrected chi connectivity index (χ4v) is 4.81. The molecule has 0 spiro atoms. The number of rotatable bonds is 9. The smallest absolute Gasteiger partial charge is 0.329 e. The minimum Gasteiger partial charge on any atom is -1.00 e. The van der Waals surface area contributed by atoms with Gasteiger partial charge in [-0.2, -0.15) is 0 Å². The molecule has 1 atom stereocenters. The Morgan fingerprint density at radius 2 is 1.50 bits per heavy atom. The van der Waals surface area contributed by atoms with Crippen LogP contribution in [0, 0.1) is 5.41 Å². The van der Waals surface area contributed by atoms with Crippen LogP contribution < -0.4 is 17.0 Å². The van der Waals surface area contributed by atoms with Crippen molar-refractivity contribution in [1.82, 2.24) is 0 Å². The second-order valence-electron chi connectivity index (χ2n) is 6.36. The predicted octanol–water partition coefficient (Wildman–Crippen LogP) is -0.0930. The Hall–Kier alpha value is -0.140. The van der Waals surface area contributed by atoms with Crippen LogP contribution >= 0.6 is 15.9 Å². The van der Waals surface area contributed by atoms with Crippen molar-refractivity contribution in [2.45, 2.75) is 53.0 Å². The minimum atomic E-state index is -1.16. The lowest BCUT2D eigenvalue weighted by molar-refractivity contribution is -0.938. The monoisotopic (exact) mass is 471 g/mol. The fraction of sp³-hybridized carbons (Fsp3) is 0.882. The highest BCUT2D eigenvalue weighted by Gasteiger charge is 2.64. The summed E-state index contributed by atoms with van der Waals surface area (Å²) >= 11 is 3.60. The van der Waals surface area contributed by atoms with Crippen LogP contribution in [-0.4, -0.2) is 60.6 Å². The van der Waals surface area contributed by atoms with Crippen molar-refractivity contribution in [3.8, 4) is 0 Å². The Labute approximate surface area is 164 Å². The third kappa shape index (κ3) is 4.73. The van der Waals surface area contributed by atoms with Gasteiger partial charge in [0.05, 0.1) is 31.6 Å². The largest absolute Gasteiger partial charge is 1.00 e. The van der Waals surface area contributed by atoms with Gasteiger partial charge >= 0.3 is 11.9 Å². The first kappa shape index (κ1) is 23.9. The van der Waals surface area contributed by atoms with Gasteiger partial charge < -0.3 is 30.9 Å². The average Bonchev–Trinajstić information content (AvgIpc) is 2.84. The maximum Gasteiger partial charge on any atom is 0.329 e. The average molecular weight is 473 g/mol. The van der Waals surface area contributed by atoms with Gasteiger partial charge in [0.25, 0.3) is 0 Å². The van der Waals surface area contributed by atoms with Crippen LogP contribution in [0.15, 0.2) is 0 Å². The molecule has 142 valence electrons. The minimum absolute atomic E-state index is 0. The first-order chi connectivity index (χ1) is 11.0. The summed E-state index contributed by atoms with van der Waals surface area (Å²) in [6, 6.07) is 0.226. The highest BCUT2D eigenvalue weighted by atomic mass is 79.9. The van der Waals surface area contributed by atoms with E-state index >= 15 is 0 Å². The van der Waals surface area contributed by atoms with Gasteiger partial charge in [-0.3, -0.25) is 9.59 Å². The number of ether oxygens (including phenoxy) is 2. The van der Waals surface area contributed by atoms with E-state index < -0.39 is 17.4 Å². The maximum atomic E-state index is 12.7. The summed E-state index contributed by atoms with van der Waals surface area (Å²) in [5.41, 5.74) is -1.16. The summed E-state index contributed by atoms with van der Waals surface area (Å²) in [5, 5.41) is 0.771. The molecule has 5 nitrogen and oxygen atoms in total. The number of carbonyl (C=O) groups excluding carboxylic acids is 2. The lowest BCUT2D eigenvalue weighted by Crippen LogP contribution is -3.00. The molecular formula is C17H31Br2NO4. The summed E-state index contributed by atoms with van der Waals surface area (Å²) < 4.78 is 11.3. The molecule has 7 heteroatoms. The quantitative estimate of drug-likeness (QED) is 0.203. The number of alkyl halides is 1. The highest BCUT2D eigenvalue weighted by molar-refractivity contribution is 9.09. The summed E-state index contributed by atoms with van der Waals surface area (Å²) in [6.07, 6.45) is 2.53. The number of likely N-dealkylation sites (tertiary alicyclic amines) is 1. The van der Waals surface area contributed by atoms with Gasteiger partial charge in [0.2, 0.25) is 5.41 Å². The standard InChI is InChI=1S/C17H31BrNO4.BrH/c1-5-9-19(10-6-2)13-17(11-14(19)12-18,15(20)22-7-3)16(21)23-8-4;/h14H,5-13H2,1-4H3;1H/q+1;/p-1. The lowest BCUT2D eigenvalue weighted by atomic mass is 9.85. The first-order valence-corrected chi connectivity index (χ1v) is 9.84. The molecular weight excluding hydrogens is 442 g/mol. The Morgan fingerprint density at radius 3 is 1.83 bits per heavy atom. The number of hydrogen-bond acceptors (Lipinski definition) is 4. The molecule has 1 fully saturated rings. The van der Waals surface area contributed by atoms with Crippen molar-refractivity contribution < 1.29 is 40.5 Å². The van der Waals surface area contributed by atoms with Gasteiger partial charge in [-0.25, -0.2) is 0 Å². The van der Waals surface area contributed by atoms with E-state index in [2.05, 4.69) is 29.8 Å². The van der Waals surface area contributed by atoms with E-state index in [1.165, 1.54) is 0 Å². The van der Waals surface area contributed by atoms with E-state index in [-0.39, 0.29) is 36.2 Å². The zero-order chi connectivity index (χ0) is 17.5. The molecule has 0 N–H and O–H groups in total. The van der Waals surface area contributed by atoms with E-state index in [4.69, 9.17) is 9.47 Å². The van der Waals surface area contributed by atoms with Crippen LogP contribution in [0.2, 0.25) is 0 Å². The van der Waals surface area contributed by atoms with Gasteiger partial charge in [-0.05, 0) is 26.7 Å². The number of halogens is 2. The van der Waals surface area contributed by atoms with E-state index in [0.717, 1.165) is 35.7 Å². The van der Waals surface area contributed by atoms with Crippen molar-refractivity contribution in [2.24, 2.45) is 5.41 Å². The molecule has 1 aliphatic heterocycles. The first-order valence-electron chi connectivity index (χ1n) is 8.72. The second-order valence-corrected chi connectivity index (χ2v) is 7.01. The number of hydrogen-bond donors (Lipinski definition) is 0. The van der Waals surface area contributed by atoms with Crippen molar-refractivity contribution in [1.29, 1.82) is 0 Å². The SMILES string of the molecule is CCC[N+]1(CCC)CC(C(=O)OCC)(C(=O)OCC)CC1CBr.[Br-]. The normalized spacial score (nSPS) is 21.0. The fourth-order valence-electron chi connectivity index (χ4n) is 3.97. The number of carbonyl (C=O) groups is 2. The maximum absolute atomic E-state index is 12.7. The molecule has 1 unspecified atom stereocenters. The second kappa shape index (κ2) is 10.8. The van der Waals surface area contributed by atoms with Crippen LogP contribution in [0.3, 0.4) is 0 Å². The van der Waals surface area contributed by atoms with Crippen LogP contribution in [0.25, 0.3) is 0 Å². The van der Waals surface area contributed by atoms with Gasteiger partial charge in [0.1, 0.15) is 12.6 Å². The van der Waals surface area contributed by atoms with Gasteiger partial charge in [-0.1, -0.05) is 29.8 Å². The third-order valence-electron chi connectivity index (χ3n) is 4.79. The molecule has 0 saturated carbocycles. The Balaban J connectivity index is 0.00000529. The molecule has 1 aliphatic rings. The lowest BCUT2D eigenvalue weighted by Gasteiger charge is -2.40. The molecule has 1 saturated heterocycles. The summed E-state index contributed by atoms with van der Waals surface area (Å²) in [6.45, 7) is 10.8. The van der Waals surface area contributed by atoms with Crippen LogP contribution in [-0.2, 0) is 19.1 Å². The molecule has 0 bridgehead atoms. The van der Waals surface area contributed by atoms with Crippen LogP contribution in [0.1, 0.15) is 47.0 Å². The molecule has 0 aromatic rings. The molecule has 0 aromatic heterocycles. The Morgan fingerprint density at radius 1 is 1.04 bits per heavy atom. The molecule has 1 rings (SSSR count). The Bertz CT molecular complexity index is 393. The number of nitrogens with zero attached hydrogens (tertiary/aromatic N) is 1. The topological polar surface area (TPSA) is 52.6 Å². The van der Waals surface area contributed by atoms with Gasteiger partial charge in [-0.15, -0.1) is 0 Å². The van der Waals surface area contributed by atoms with Crippen LogP contribution in [0.5, 0.6) is 0 Å². The zero-order valence-electron chi connectivity index (χ0n) is 15.3. The molecule has 0 aromatic carbocycles. The van der Waals surface area contributed by atoms with E-state index in [1.54, 1.807) is 13.8 Å². The van der Waals surface area contributed by atoms with Crippen molar-refractivity contribution in [3.05, 3.63) is 0 Å². The predicted molar refractivity (Wildman–Crippen MR) is 93.3 cm³/mol. The summed E-state index contributed by atoms with van der Waals surface area (Å²) in [4.78, 5) is 25.4. The molecule has 24 heavy (non-hydrogen) atoms.